The molecule has 0 aromatic heterocycles. The Bertz CT molecular complexity index is 783. The van der Waals surface area contributed by atoms with Crippen molar-refractivity contribution >= 4 is 12.0 Å². The molecule has 1 aliphatic heterocycles. The zero-order valence-electron chi connectivity index (χ0n) is 13.7. The number of carbonyl (C=O) groups excluding carboxylic acids is 1. The number of rotatable bonds is 5. The molecule has 0 bridgehead atoms. The fourth-order valence-electron chi connectivity index (χ4n) is 2.45. The fourth-order valence-corrected chi connectivity index (χ4v) is 2.45. The van der Waals surface area contributed by atoms with E-state index in [1.54, 1.807) is 13.2 Å². The lowest BCUT2D eigenvalue weighted by atomic mass is 10.1. The first-order chi connectivity index (χ1) is 11.7. The first kappa shape index (κ1) is 15.9. The Labute approximate surface area is 140 Å². The zero-order chi connectivity index (χ0) is 16.9. The van der Waals surface area contributed by atoms with Gasteiger partial charge >= 0.3 is 0 Å². The van der Waals surface area contributed by atoms with Crippen LogP contribution in [-0.4, -0.2) is 19.8 Å². The molecule has 24 heavy (non-hydrogen) atoms. The number of nitrogens with one attached hydrogen (secondary N) is 1. The van der Waals surface area contributed by atoms with Gasteiger partial charge in [-0.05, 0) is 42.8 Å². The molecule has 3 rings (SSSR count). The summed E-state index contributed by atoms with van der Waals surface area (Å²) in [5.74, 6) is 2.01. The number of methoxy groups -OCH3 is 1. The summed E-state index contributed by atoms with van der Waals surface area (Å²) in [5.41, 5.74) is 2.93. The van der Waals surface area contributed by atoms with Crippen molar-refractivity contribution in [3.8, 4) is 17.2 Å². The van der Waals surface area contributed by atoms with Gasteiger partial charge in [-0.2, -0.15) is 0 Å². The van der Waals surface area contributed by atoms with Crippen LogP contribution < -0.4 is 19.5 Å². The maximum Gasteiger partial charge on any atom is 0.244 e. The van der Waals surface area contributed by atoms with Gasteiger partial charge in [0.1, 0.15) is 5.75 Å². The predicted molar refractivity (Wildman–Crippen MR) is 91.2 cm³/mol. The van der Waals surface area contributed by atoms with Crippen LogP contribution >= 0.6 is 0 Å². The van der Waals surface area contributed by atoms with Crippen LogP contribution in [0.25, 0.3) is 6.08 Å². The second-order valence-electron chi connectivity index (χ2n) is 5.48. The molecule has 5 heteroatoms. The number of aryl methyl sites for hydroxylation is 1. The number of amides is 1. The van der Waals surface area contributed by atoms with Crippen molar-refractivity contribution in [2.75, 3.05) is 13.9 Å². The van der Waals surface area contributed by atoms with Crippen LogP contribution in [0, 0.1) is 6.92 Å². The van der Waals surface area contributed by atoms with Crippen LogP contribution in [0.5, 0.6) is 17.2 Å². The minimum Gasteiger partial charge on any atom is -0.496 e. The van der Waals surface area contributed by atoms with Crippen LogP contribution in [0.15, 0.2) is 42.5 Å². The van der Waals surface area contributed by atoms with Crippen LogP contribution in [0.2, 0.25) is 0 Å². The molecule has 1 heterocycles. The van der Waals surface area contributed by atoms with Crippen molar-refractivity contribution in [1.29, 1.82) is 0 Å². The lowest BCUT2D eigenvalue weighted by Gasteiger charge is -2.06. The summed E-state index contributed by atoms with van der Waals surface area (Å²) in [6.07, 6.45) is 3.26. The van der Waals surface area contributed by atoms with Gasteiger partial charge in [-0.15, -0.1) is 0 Å². The Morgan fingerprint density at radius 3 is 2.88 bits per heavy atom. The molecule has 1 N–H and O–H groups in total. The maximum atomic E-state index is 12.0. The van der Waals surface area contributed by atoms with Crippen molar-refractivity contribution in [1.82, 2.24) is 5.32 Å². The molecule has 0 atom stereocenters. The standard InChI is InChI=1S/C19H19NO4/c1-13-3-6-16(22-2)15(9-13)5-8-19(21)20-11-14-4-7-17-18(10-14)24-12-23-17/h3-10H,11-12H2,1-2H3,(H,20,21). The predicted octanol–water partition coefficient (Wildman–Crippen LogP) is 3.06. The van der Waals surface area contributed by atoms with Gasteiger partial charge in [-0.3, -0.25) is 4.79 Å². The van der Waals surface area contributed by atoms with E-state index in [9.17, 15) is 4.79 Å². The van der Waals surface area contributed by atoms with E-state index in [0.29, 0.717) is 12.3 Å². The van der Waals surface area contributed by atoms with Crippen molar-refractivity contribution in [3.05, 3.63) is 59.2 Å². The van der Waals surface area contributed by atoms with Gasteiger partial charge in [0.05, 0.1) is 7.11 Å². The highest BCUT2D eigenvalue weighted by molar-refractivity contribution is 5.92. The van der Waals surface area contributed by atoms with Crippen LogP contribution in [0.1, 0.15) is 16.7 Å². The molecule has 2 aromatic rings. The van der Waals surface area contributed by atoms with E-state index in [1.807, 2.05) is 43.3 Å². The van der Waals surface area contributed by atoms with Gasteiger partial charge in [-0.1, -0.05) is 17.7 Å². The molecule has 0 unspecified atom stereocenters. The lowest BCUT2D eigenvalue weighted by Crippen LogP contribution is -2.20. The first-order valence-electron chi connectivity index (χ1n) is 7.65. The summed E-state index contributed by atoms with van der Waals surface area (Å²) >= 11 is 0. The summed E-state index contributed by atoms with van der Waals surface area (Å²) in [6.45, 7) is 2.66. The Kier molecular flexibility index (Phi) is 4.70. The largest absolute Gasteiger partial charge is 0.496 e. The van der Waals surface area contributed by atoms with E-state index in [4.69, 9.17) is 14.2 Å². The molecule has 0 saturated heterocycles. The minimum absolute atomic E-state index is 0.170. The van der Waals surface area contributed by atoms with Crippen molar-refractivity contribution in [2.45, 2.75) is 13.5 Å². The topological polar surface area (TPSA) is 56.8 Å². The second kappa shape index (κ2) is 7.08. The van der Waals surface area contributed by atoms with Crippen molar-refractivity contribution in [3.63, 3.8) is 0 Å². The van der Waals surface area contributed by atoms with Gasteiger partial charge < -0.3 is 19.5 Å². The molecule has 2 aromatic carbocycles. The third-order valence-electron chi connectivity index (χ3n) is 3.70. The summed E-state index contributed by atoms with van der Waals surface area (Å²) in [4.78, 5) is 12.0. The fraction of sp³-hybridized carbons (Fsp3) is 0.211. The number of hydrogen-bond donors (Lipinski definition) is 1. The Hall–Kier alpha value is -2.95. The third-order valence-corrected chi connectivity index (χ3v) is 3.70. The molecule has 5 nitrogen and oxygen atoms in total. The quantitative estimate of drug-likeness (QED) is 0.859. The van der Waals surface area contributed by atoms with Gasteiger partial charge in [0, 0.05) is 18.2 Å². The van der Waals surface area contributed by atoms with E-state index in [1.165, 1.54) is 6.08 Å². The van der Waals surface area contributed by atoms with Gasteiger partial charge in [0.15, 0.2) is 11.5 Å². The van der Waals surface area contributed by atoms with Crippen LogP contribution in [0.4, 0.5) is 0 Å². The highest BCUT2D eigenvalue weighted by Gasteiger charge is 2.13. The molecule has 0 spiro atoms. The molecule has 0 aliphatic carbocycles. The number of ether oxygens (including phenoxy) is 3. The summed E-state index contributed by atoms with van der Waals surface area (Å²) in [7, 11) is 1.61. The third kappa shape index (κ3) is 3.68. The molecule has 0 radical (unpaired) electrons. The smallest absolute Gasteiger partial charge is 0.244 e. The van der Waals surface area contributed by atoms with Crippen molar-refractivity contribution < 1.29 is 19.0 Å². The van der Waals surface area contributed by atoms with E-state index in [0.717, 1.165) is 28.2 Å². The van der Waals surface area contributed by atoms with E-state index in [-0.39, 0.29) is 12.7 Å². The van der Waals surface area contributed by atoms with Gasteiger partial charge in [-0.25, -0.2) is 0 Å². The van der Waals surface area contributed by atoms with Gasteiger partial charge in [0.25, 0.3) is 0 Å². The summed E-state index contributed by atoms with van der Waals surface area (Å²) < 4.78 is 15.9. The first-order valence-corrected chi connectivity index (χ1v) is 7.65. The maximum absolute atomic E-state index is 12.0. The number of carbonyl (C=O) groups is 1. The molecule has 0 saturated carbocycles. The van der Waals surface area contributed by atoms with E-state index in [2.05, 4.69) is 5.32 Å². The van der Waals surface area contributed by atoms with E-state index >= 15 is 0 Å². The average Bonchev–Trinajstić information content (AvgIpc) is 3.06. The average molecular weight is 325 g/mol. The lowest BCUT2D eigenvalue weighted by molar-refractivity contribution is -0.116. The van der Waals surface area contributed by atoms with Crippen LogP contribution in [0.3, 0.4) is 0 Å². The Morgan fingerprint density at radius 1 is 1.21 bits per heavy atom. The highest BCUT2D eigenvalue weighted by Crippen LogP contribution is 2.32. The second-order valence-corrected chi connectivity index (χ2v) is 5.48. The molecule has 1 amide bonds. The normalized spacial score (nSPS) is 12.4. The molecule has 124 valence electrons. The summed E-state index contributed by atoms with van der Waals surface area (Å²) in [6, 6.07) is 11.4. The SMILES string of the molecule is COc1ccc(C)cc1C=CC(=O)NCc1ccc2c(c1)OCO2. The molecular weight excluding hydrogens is 306 g/mol. The zero-order valence-corrected chi connectivity index (χ0v) is 13.7. The molecule has 1 aliphatic rings. The number of hydrogen-bond acceptors (Lipinski definition) is 4. The minimum atomic E-state index is -0.170. The monoisotopic (exact) mass is 325 g/mol. The summed E-state index contributed by atoms with van der Waals surface area (Å²) in [5, 5.41) is 2.85. The molecular formula is C19H19NO4. The van der Waals surface area contributed by atoms with Gasteiger partial charge in [0.2, 0.25) is 12.7 Å². The number of benzene rings is 2. The van der Waals surface area contributed by atoms with Crippen LogP contribution in [-0.2, 0) is 11.3 Å². The van der Waals surface area contributed by atoms with Crippen molar-refractivity contribution in [2.24, 2.45) is 0 Å². The Balaban J connectivity index is 1.60. The number of fused-ring (bicyclic) bond motifs is 1. The Morgan fingerprint density at radius 2 is 2.04 bits per heavy atom. The molecule has 0 fully saturated rings. The highest BCUT2D eigenvalue weighted by atomic mass is 16.7. The van der Waals surface area contributed by atoms with E-state index < -0.39 is 0 Å².